The number of nitrogens with zero attached hydrogens (tertiary/aromatic N) is 2. The van der Waals surface area contributed by atoms with Crippen LogP contribution in [0.3, 0.4) is 0 Å². The standard InChI is InChI=1S/C24H26FN3O4S2/c1-17(32-20-10-8-19(25)9-11-20)23(29)27-24-26-22(16-33-24)18-6-12-21(13-7-18)34(30,31)28-14-4-2-3-5-15-28/h6-13,16-17H,2-5,14-15H2,1H3,(H,26,27,29)/t17-/m1/s1. The molecule has 1 aromatic heterocycles. The van der Waals surface area contributed by atoms with Gasteiger partial charge in [0.25, 0.3) is 5.91 Å². The number of ether oxygens (including phenoxy) is 1. The van der Waals surface area contributed by atoms with Gasteiger partial charge in [-0.15, -0.1) is 11.3 Å². The van der Waals surface area contributed by atoms with Crippen LogP contribution in [-0.4, -0.2) is 42.8 Å². The molecular weight excluding hydrogens is 477 g/mol. The first-order valence-electron chi connectivity index (χ1n) is 11.1. The summed E-state index contributed by atoms with van der Waals surface area (Å²) in [6, 6.07) is 12.1. The normalized spacial score (nSPS) is 15.9. The van der Waals surface area contributed by atoms with E-state index in [0.717, 1.165) is 31.2 Å². The van der Waals surface area contributed by atoms with Crippen molar-refractivity contribution in [2.24, 2.45) is 0 Å². The highest BCUT2D eigenvalue weighted by atomic mass is 32.2. The molecule has 1 aliphatic rings. The fraction of sp³-hybridized carbons (Fsp3) is 0.333. The van der Waals surface area contributed by atoms with E-state index in [1.54, 1.807) is 40.9 Å². The SMILES string of the molecule is C[C@@H](Oc1ccc(F)cc1)C(=O)Nc1nc(-c2ccc(S(=O)(=O)N3CCCCCC3)cc2)cs1. The van der Waals surface area contributed by atoms with E-state index < -0.39 is 16.1 Å². The Hall–Kier alpha value is -2.82. The molecule has 34 heavy (non-hydrogen) atoms. The summed E-state index contributed by atoms with van der Waals surface area (Å²) >= 11 is 1.26. The van der Waals surface area contributed by atoms with E-state index in [1.807, 2.05) is 0 Å². The van der Waals surface area contributed by atoms with Gasteiger partial charge in [-0.1, -0.05) is 25.0 Å². The number of hydrogen-bond acceptors (Lipinski definition) is 6. The molecule has 180 valence electrons. The van der Waals surface area contributed by atoms with E-state index in [0.29, 0.717) is 29.7 Å². The van der Waals surface area contributed by atoms with Crippen LogP contribution in [-0.2, 0) is 14.8 Å². The Labute approximate surface area is 202 Å². The van der Waals surface area contributed by atoms with Crippen molar-refractivity contribution in [2.75, 3.05) is 18.4 Å². The number of halogens is 1. The van der Waals surface area contributed by atoms with Crippen molar-refractivity contribution in [2.45, 2.75) is 43.6 Å². The first kappa shape index (κ1) is 24.3. The number of amides is 1. The molecule has 1 saturated heterocycles. The molecule has 10 heteroatoms. The molecule has 1 aliphatic heterocycles. The smallest absolute Gasteiger partial charge is 0.266 e. The van der Waals surface area contributed by atoms with Gasteiger partial charge in [0.15, 0.2) is 11.2 Å². The Kier molecular flexibility index (Phi) is 7.60. The fourth-order valence-electron chi connectivity index (χ4n) is 3.67. The summed E-state index contributed by atoms with van der Waals surface area (Å²) in [4.78, 5) is 17.2. The summed E-state index contributed by atoms with van der Waals surface area (Å²) < 4.78 is 46.0. The van der Waals surface area contributed by atoms with Crippen LogP contribution in [0.4, 0.5) is 9.52 Å². The predicted octanol–water partition coefficient (Wildman–Crippen LogP) is 4.92. The van der Waals surface area contributed by atoms with E-state index in [1.165, 1.54) is 35.6 Å². The van der Waals surface area contributed by atoms with Crippen molar-refractivity contribution < 1.29 is 22.3 Å². The van der Waals surface area contributed by atoms with Crippen molar-refractivity contribution in [1.82, 2.24) is 9.29 Å². The second-order valence-corrected chi connectivity index (χ2v) is 10.9. The Morgan fingerprint density at radius 2 is 1.71 bits per heavy atom. The lowest BCUT2D eigenvalue weighted by atomic mass is 10.2. The lowest BCUT2D eigenvalue weighted by Gasteiger charge is -2.19. The second kappa shape index (κ2) is 10.6. The van der Waals surface area contributed by atoms with Crippen LogP contribution in [0.5, 0.6) is 5.75 Å². The third-order valence-electron chi connectivity index (χ3n) is 5.58. The van der Waals surface area contributed by atoms with E-state index >= 15 is 0 Å². The van der Waals surface area contributed by atoms with Gasteiger partial charge in [0.05, 0.1) is 10.6 Å². The molecule has 2 heterocycles. The summed E-state index contributed by atoms with van der Waals surface area (Å²) in [6.07, 6.45) is 3.09. The van der Waals surface area contributed by atoms with Crippen molar-refractivity contribution >= 4 is 32.4 Å². The lowest BCUT2D eigenvalue weighted by molar-refractivity contribution is -0.122. The zero-order valence-electron chi connectivity index (χ0n) is 18.7. The van der Waals surface area contributed by atoms with Gasteiger partial charge in [-0.05, 0) is 56.2 Å². The molecule has 7 nitrogen and oxygen atoms in total. The summed E-state index contributed by atoms with van der Waals surface area (Å²) in [5, 5.41) is 4.90. The number of anilines is 1. The molecule has 1 amide bonds. The Bertz CT molecular complexity index is 1220. The minimum Gasteiger partial charge on any atom is -0.481 e. The Balaban J connectivity index is 1.39. The molecule has 1 N–H and O–H groups in total. The van der Waals surface area contributed by atoms with E-state index in [4.69, 9.17) is 4.74 Å². The van der Waals surface area contributed by atoms with Crippen molar-refractivity contribution in [1.29, 1.82) is 0 Å². The molecular formula is C24H26FN3O4S2. The van der Waals surface area contributed by atoms with E-state index in [-0.39, 0.29) is 16.6 Å². The quantitative estimate of drug-likeness (QED) is 0.494. The average Bonchev–Trinajstić information content (AvgIpc) is 3.11. The van der Waals surface area contributed by atoms with Crippen LogP contribution in [0, 0.1) is 5.82 Å². The highest BCUT2D eigenvalue weighted by molar-refractivity contribution is 7.89. The van der Waals surface area contributed by atoms with Crippen LogP contribution in [0.1, 0.15) is 32.6 Å². The minimum atomic E-state index is -3.51. The predicted molar refractivity (Wildman–Crippen MR) is 130 cm³/mol. The zero-order chi connectivity index (χ0) is 24.1. The van der Waals surface area contributed by atoms with Gasteiger partial charge in [0, 0.05) is 24.0 Å². The van der Waals surface area contributed by atoms with Gasteiger partial charge >= 0.3 is 0 Å². The van der Waals surface area contributed by atoms with E-state index in [9.17, 15) is 17.6 Å². The van der Waals surface area contributed by atoms with Crippen LogP contribution in [0.15, 0.2) is 58.8 Å². The summed E-state index contributed by atoms with van der Waals surface area (Å²) in [5.74, 6) is -0.379. The summed E-state index contributed by atoms with van der Waals surface area (Å²) in [5.41, 5.74) is 1.38. The number of sulfonamides is 1. The molecule has 0 radical (unpaired) electrons. The maximum atomic E-state index is 13.0. The van der Waals surface area contributed by atoms with E-state index in [2.05, 4.69) is 10.3 Å². The first-order chi connectivity index (χ1) is 16.3. The number of rotatable bonds is 7. The van der Waals surface area contributed by atoms with Gasteiger partial charge < -0.3 is 4.74 Å². The molecule has 0 aliphatic carbocycles. The fourth-order valence-corrected chi connectivity index (χ4v) is 5.91. The Morgan fingerprint density at radius 1 is 1.06 bits per heavy atom. The maximum Gasteiger partial charge on any atom is 0.266 e. The van der Waals surface area contributed by atoms with Crippen LogP contribution < -0.4 is 10.1 Å². The van der Waals surface area contributed by atoms with Gasteiger partial charge in [-0.25, -0.2) is 17.8 Å². The number of carbonyl (C=O) groups is 1. The van der Waals surface area contributed by atoms with Gasteiger partial charge in [0.1, 0.15) is 11.6 Å². The maximum absolute atomic E-state index is 13.0. The molecule has 1 atom stereocenters. The molecule has 0 saturated carbocycles. The van der Waals surface area contributed by atoms with Crippen molar-refractivity contribution in [3.05, 3.63) is 59.7 Å². The number of thiazole rings is 1. The molecule has 1 fully saturated rings. The number of carbonyl (C=O) groups excluding carboxylic acids is 1. The molecule has 3 aromatic rings. The zero-order valence-corrected chi connectivity index (χ0v) is 20.4. The topological polar surface area (TPSA) is 88.6 Å². The van der Waals surface area contributed by atoms with Gasteiger partial charge in [-0.3, -0.25) is 10.1 Å². The molecule has 4 rings (SSSR count). The average molecular weight is 504 g/mol. The first-order valence-corrected chi connectivity index (χ1v) is 13.4. The molecule has 0 unspecified atom stereocenters. The van der Waals surface area contributed by atoms with Crippen LogP contribution in [0.2, 0.25) is 0 Å². The molecule has 0 bridgehead atoms. The van der Waals surface area contributed by atoms with Crippen molar-refractivity contribution in [3.63, 3.8) is 0 Å². The highest BCUT2D eigenvalue weighted by Crippen LogP contribution is 2.27. The third kappa shape index (κ3) is 5.81. The van der Waals surface area contributed by atoms with Crippen LogP contribution >= 0.6 is 11.3 Å². The van der Waals surface area contributed by atoms with Crippen LogP contribution in [0.25, 0.3) is 11.3 Å². The Morgan fingerprint density at radius 3 is 2.35 bits per heavy atom. The minimum absolute atomic E-state index is 0.272. The van der Waals surface area contributed by atoms with Gasteiger partial charge in [-0.2, -0.15) is 4.31 Å². The molecule has 2 aromatic carbocycles. The third-order valence-corrected chi connectivity index (χ3v) is 8.25. The summed E-state index contributed by atoms with van der Waals surface area (Å²) in [6.45, 7) is 2.71. The lowest BCUT2D eigenvalue weighted by Crippen LogP contribution is -2.31. The number of aromatic nitrogens is 1. The highest BCUT2D eigenvalue weighted by Gasteiger charge is 2.25. The van der Waals surface area contributed by atoms with Crippen molar-refractivity contribution in [3.8, 4) is 17.0 Å². The number of hydrogen-bond donors (Lipinski definition) is 1. The second-order valence-electron chi connectivity index (χ2n) is 8.08. The molecule has 0 spiro atoms. The summed E-state index contributed by atoms with van der Waals surface area (Å²) in [7, 11) is -3.51. The monoisotopic (exact) mass is 503 g/mol. The van der Waals surface area contributed by atoms with Gasteiger partial charge in [0.2, 0.25) is 10.0 Å². The largest absolute Gasteiger partial charge is 0.481 e. The number of benzene rings is 2. The number of nitrogens with one attached hydrogen (secondary N) is 1.